The van der Waals surface area contributed by atoms with Crippen molar-refractivity contribution in [2.24, 2.45) is 0 Å². The van der Waals surface area contributed by atoms with Crippen LogP contribution in [0.25, 0.3) is 0 Å². The summed E-state index contributed by atoms with van der Waals surface area (Å²) in [6.07, 6.45) is 2.23. The van der Waals surface area contributed by atoms with Gasteiger partial charge in [-0.2, -0.15) is 0 Å². The van der Waals surface area contributed by atoms with Crippen LogP contribution < -0.4 is 10.6 Å². The molecule has 1 aromatic carbocycles. The number of ether oxygens (including phenoxy) is 1. The predicted molar refractivity (Wildman–Crippen MR) is 95.8 cm³/mol. The van der Waals surface area contributed by atoms with Gasteiger partial charge in [-0.3, -0.25) is 14.5 Å². The Hall–Kier alpha value is -1.92. The zero-order valence-electron chi connectivity index (χ0n) is 14.9. The first-order valence-electron chi connectivity index (χ1n) is 8.38. The second-order valence-electron chi connectivity index (χ2n) is 5.86. The lowest BCUT2D eigenvalue weighted by Crippen LogP contribution is -2.35. The van der Waals surface area contributed by atoms with Crippen LogP contribution in [0.4, 0.5) is 5.69 Å². The maximum Gasteiger partial charge on any atom is 0.234 e. The molecule has 0 bridgehead atoms. The maximum atomic E-state index is 12.0. The van der Waals surface area contributed by atoms with Crippen molar-refractivity contribution in [1.29, 1.82) is 0 Å². The standard InChI is InChI=1S/C18H29N3O3/c1-4-7-17(22)20-16-9-5-8-15(12-16)13-19-18(23)14-21(2)10-6-11-24-3/h5,8-9,12H,4,6-7,10-11,13-14H2,1-3H3,(H,19,23)(H,20,22). The molecular weight excluding hydrogens is 306 g/mol. The summed E-state index contributed by atoms with van der Waals surface area (Å²) in [7, 11) is 3.59. The third-order valence-corrected chi connectivity index (χ3v) is 3.48. The van der Waals surface area contributed by atoms with E-state index >= 15 is 0 Å². The first-order valence-corrected chi connectivity index (χ1v) is 8.38. The molecule has 1 rings (SSSR count). The van der Waals surface area contributed by atoms with Gasteiger partial charge in [0.2, 0.25) is 11.8 Å². The number of nitrogens with zero attached hydrogens (tertiary/aromatic N) is 1. The molecular formula is C18H29N3O3. The van der Waals surface area contributed by atoms with Crippen LogP contribution >= 0.6 is 0 Å². The molecule has 0 aliphatic heterocycles. The predicted octanol–water partition coefficient (Wildman–Crippen LogP) is 2.01. The molecule has 0 aliphatic rings. The molecule has 6 nitrogen and oxygen atoms in total. The van der Waals surface area contributed by atoms with Crippen molar-refractivity contribution in [3.63, 3.8) is 0 Å². The molecule has 0 fully saturated rings. The summed E-state index contributed by atoms with van der Waals surface area (Å²) in [4.78, 5) is 25.5. The van der Waals surface area contributed by atoms with E-state index in [9.17, 15) is 9.59 Å². The van der Waals surface area contributed by atoms with Crippen LogP contribution in [0.3, 0.4) is 0 Å². The minimum Gasteiger partial charge on any atom is -0.385 e. The monoisotopic (exact) mass is 335 g/mol. The summed E-state index contributed by atoms with van der Waals surface area (Å²) in [6.45, 7) is 4.29. The fourth-order valence-electron chi connectivity index (χ4n) is 2.27. The second kappa shape index (κ2) is 11.6. The Morgan fingerprint density at radius 3 is 2.75 bits per heavy atom. The van der Waals surface area contributed by atoms with Gasteiger partial charge in [-0.05, 0) is 37.6 Å². The molecule has 6 heteroatoms. The lowest BCUT2D eigenvalue weighted by atomic mass is 10.2. The molecule has 2 N–H and O–H groups in total. The number of nitrogens with one attached hydrogen (secondary N) is 2. The lowest BCUT2D eigenvalue weighted by Gasteiger charge is -2.16. The lowest BCUT2D eigenvalue weighted by molar-refractivity contribution is -0.122. The molecule has 0 spiro atoms. The van der Waals surface area contributed by atoms with Gasteiger partial charge in [0, 0.05) is 38.9 Å². The normalized spacial score (nSPS) is 10.7. The molecule has 0 unspecified atom stereocenters. The smallest absolute Gasteiger partial charge is 0.234 e. The molecule has 0 aliphatic carbocycles. The number of amides is 2. The quantitative estimate of drug-likeness (QED) is 0.607. The summed E-state index contributed by atoms with van der Waals surface area (Å²) < 4.78 is 5.00. The Balaban J connectivity index is 2.38. The van der Waals surface area contributed by atoms with Crippen LogP contribution in [-0.4, -0.2) is 50.6 Å². The number of likely N-dealkylation sites (N-methyl/N-ethyl adjacent to an activating group) is 1. The van der Waals surface area contributed by atoms with Crippen molar-refractivity contribution in [3.05, 3.63) is 29.8 Å². The highest BCUT2D eigenvalue weighted by molar-refractivity contribution is 5.90. The minimum atomic E-state index is -0.0182. The molecule has 0 atom stereocenters. The van der Waals surface area contributed by atoms with Crippen molar-refractivity contribution < 1.29 is 14.3 Å². The van der Waals surface area contributed by atoms with Gasteiger partial charge >= 0.3 is 0 Å². The van der Waals surface area contributed by atoms with Gasteiger partial charge in [-0.15, -0.1) is 0 Å². The van der Waals surface area contributed by atoms with E-state index < -0.39 is 0 Å². The van der Waals surface area contributed by atoms with E-state index in [-0.39, 0.29) is 11.8 Å². The number of hydrogen-bond donors (Lipinski definition) is 2. The highest BCUT2D eigenvalue weighted by Gasteiger charge is 2.07. The van der Waals surface area contributed by atoms with Gasteiger partial charge in [-0.25, -0.2) is 0 Å². The zero-order chi connectivity index (χ0) is 17.8. The average Bonchev–Trinajstić information content (AvgIpc) is 2.54. The molecule has 0 heterocycles. The molecule has 0 aromatic heterocycles. The molecule has 24 heavy (non-hydrogen) atoms. The fraction of sp³-hybridized carbons (Fsp3) is 0.556. The first kappa shape index (κ1) is 20.1. The van der Waals surface area contributed by atoms with Gasteiger partial charge in [0.05, 0.1) is 6.54 Å². The van der Waals surface area contributed by atoms with Crippen molar-refractivity contribution in [2.75, 3.05) is 39.2 Å². The van der Waals surface area contributed by atoms with Crippen LogP contribution in [0.5, 0.6) is 0 Å². The van der Waals surface area contributed by atoms with E-state index in [0.29, 0.717) is 26.1 Å². The molecule has 134 valence electrons. The number of benzene rings is 1. The number of anilines is 1. The SMILES string of the molecule is CCCC(=O)Nc1cccc(CNC(=O)CN(C)CCCOC)c1. The van der Waals surface area contributed by atoms with Crippen LogP contribution in [0.15, 0.2) is 24.3 Å². The van der Waals surface area contributed by atoms with Crippen molar-refractivity contribution in [1.82, 2.24) is 10.2 Å². The number of carbonyl (C=O) groups excluding carboxylic acids is 2. The van der Waals surface area contributed by atoms with E-state index in [1.165, 1.54) is 0 Å². The largest absolute Gasteiger partial charge is 0.385 e. The maximum absolute atomic E-state index is 12.0. The molecule has 2 amide bonds. The summed E-state index contributed by atoms with van der Waals surface area (Å²) in [5, 5.41) is 5.76. The Kier molecular flexibility index (Phi) is 9.72. The Labute approximate surface area is 144 Å². The summed E-state index contributed by atoms with van der Waals surface area (Å²) in [5.41, 5.74) is 1.72. The minimum absolute atomic E-state index is 0.0105. The van der Waals surface area contributed by atoms with Gasteiger partial charge in [0.1, 0.15) is 0 Å². The highest BCUT2D eigenvalue weighted by Crippen LogP contribution is 2.11. The summed E-state index contributed by atoms with van der Waals surface area (Å²) in [5.74, 6) is -0.00768. The van der Waals surface area contributed by atoms with Crippen LogP contribution in [-0.2, 0) is 20.9 Å². The molecule has 0 saturated carbocycles. The highest BCUT2D eigenvalue weighted by atomic mass is 16.5. The average molecular weight is 335 g/mol. The van der Waals surface area contributed by atoms with E-state index in [1.807, 2.05) is 43.1 Å². The molecule has 1 aromatic rings. The van der Waals surface area contributed by atoms with Crippen LogP contribution in [0.1, 0.15) is 31.7 Å². The third-order valence-electron chi connectivity index (χ3n) is 3.48. The van der Waals surface area contributed by atoms with Gasteiger partial charge in [0.15, 0.2) is 0 Å². The third kappa shape index (κ3) is 8.64. The first-order chi connectivity index (χ1) is 11.5. The number of methoxy groups -OCH3 is 1. The topological polar surface area (TPSA) is 70.7 Å². The zero-order valence-corrected chi connectivity index (χ0v) is 14.9. The van der Waals surface area contributed by atoms with Crippen molar-refractivity contribution >= 4 is 17.5 Å². The summed E-state index contributed by atoms with van der Waals surface area (Å²) in [6, 6.07) is 7.54. The molecule has 0 radical (unpaired) electrons. The van der Waals surface area contributed by atoms with Gasteiger partial charge < -0.3 is 15.4 Å². The van der Waals surface area contributed by atoms with E-state index in [2.05, 4.69) is 10.6 Å². The number of carbonyl (C=O) groups is 2. The molecule has 0 saturated heterocycles. The van der Waals surface area contributed by atoms with Crippen LogP contribution in [0, 0.1) is 0 Å². The van der Waals surface area contributed by atoms with E-state index in [0.717, 1.165) is 30.6 Å². The number of hydrogen-bond acceptors (Lipinski definition) is 4. The van der Waals surface area contributed by atoms with Gasteiger partial charge in [-0.1, -0.05) is 19.1 Å². The second-order valence-corrected chi connectivity index (χ2v) is 5.86. The van der Waals surface area contributed by atoms with Crippen molar-refractivity contribution in [2.45, 2.75) is 32.7 Å². The number of rotatable bonds is 11. The fourth-order valence-corrected chi connectivity index (χ4v) is 2.27. The van der Waals surface area contributed by atoms with Crippen LogP contribution in [0.2, 0.25) is 0 Å². The van der Waals surface area contributed by atoms with Gasteiger partial charge in [0.25, 0.3) is 0 Å². The van der Waals surface area contributed by atoms with E-state index in [1.54, 1.807) is 7.11 Å². The Morgan fingerprint density at radius 2 is 2.04 bits per heavy atom. The summed E-state index contributed by atoms with van der Waals surface area (Å²) >= 11 is 0. The van der Waals surface area contributed by atoms with Crippen molar-refractivity contribution in [3.8, 4) is 0 Å². The van der Waals surface area contributed by atoms with E-state index in [4.69, 9.17) is 4.74 Å². The Bertz CT molecular complexity index is 520. The Morgan fingerprint density at radius 1 is 1.25 bits per heavy atom.